The van der Waals surface area contributed by atoms with Crippen LogP contribution >= 0.6 is 11.8 Å². The summed E-state index contributed by atoms with van der Waals surface area (Å²) < 4.78 is 0. The van der Waals surface area contributed by atoms with E-state index in [1.165, 1.54) is 0 Å². The standard InChI is InChI=1S/C11H23N3O2S.C11H12N2O2/c1-7(2)6-8(12)11(16)14-9(10(13)15)4-5-17-3;12-9(11(14)15)5-7-6-13-10-4-2-1-3-8(7)10/h7-9H,4-6,12H2,1-3H3,(H2,13,15)(H,14,16);1-4,6,9,13H,5,12H2,(H,14,15)/t8-,9-;/m0./s1. The van der Waals surface area contributed by atoms with Crippen molar-refractivity contribution in [1.29, 1.82) is 0 Å². The number of carboxylic acid groups (broad SMARTS) is 1. The molecule has 1 unspecified atom stereocenters. The molecule has 32 heavy (non-hydrogen) atoms. The number of hydrogen-bond donors (Lipinski definition) is 6. The third kappa shape index (κ3) is 9.29. The number of hydrogen-bond acceptors (Lipinski definition) is 6. The second-order valence-electron chi connectivity index (χ2n) is 7.99. The van der Waals surface area contributed by atoms with E-state index in [2.05, 4.69) is 10.3 Å². The summed E-state index contributed by atoms with van der Waals surface area (Å²) >= 11 is 1.60. The molecule has 9 nitrogen and oxygen atoms in total. The van der Waals surface area contributed by atoms with Gasteiger partial charge >= 0.3 is 5.97 Å². The summed E-state index contributed by atoms with van der Waals surface area (Å²) in [5.74, 6) is -0.671. The molecule has 178 valence electrons. The Kier molecular flexibility index (Phi) is 11.8. The number of rotatable bonds is 11. The van der Waals surface area contributed by atoms with E-state index in [0.717, 1.165) is 22.2 Å². The van der Waals surface area contributed by atoms with E-state index in [9.17, 15) is 14.4 Å². The monoisotopic (exact) mass is 465 g/mol. The molecule has 2 aromatic rings. The number of carboxylic acids is 1. The molecule has 2 rings (SSSR count). The molecule has 0 aliphatic heterocycles. The van der Waals surface area contributed by atoms with Gasteiger partial charge in [0.1, 0.15) is 12.1 Å². The molecule has 0 saturated carbocycles. The molecule has 1 aromatic carbocycles. The SMILES string of the molecule is CSCC[C@H](NC(=O)[C@@H](N)CC(C)C)C(N)=O.NC(Cc1c[nH]c2ccccc12)C(=O)O. The Labute approximate surface area is 192 Å². The highest BCUT2D eigenvalue weighted by Gasteiger charge is 2.22. The van der Waals surface area contributed by atoms with Crippen molar-refractivity contribution in [1.82, 2.24) is 10.3 Å². The number of aromatic nitrogens is 1. The zero-order chi connectivity index (χ0) is 24.3. The first kappa shape index (κ1) is 27.5. The summed E-state index contributed by atoms with van der Waals surface area (Å²) in [6.45, 7) is 3.98. The minimum atomic E-state index is -0.972. The maximum atomic E-state index is 11.7. The minimum Gasteiger partial charge on any atom is -0.480 e. The van der Waals surface area contributed by atoms with Gasteiger partial charge in [-0.2, -0.15) is 11.8 Å². The van der Waals surface area contributed by atoms with Crippen LogP contribution in [-0.2, 0) is 20.8 Å². The highest BCUT2D eigenvalue weighted by Crippen LogP contribution is 2.18. The first-order valence-electron chi connectivity index (χ1n) is 10.4. The third-order valence-electron chi connectivity index (χ3n) is 4.76. The Morgan fingerprint density at radius 1 is 1.16 bits per heavy atom. The van der Waals surface area contributed by atoms with E-state index in [0.29, 0.717) is 25.2 Å². The molecule has 0 bridgehead atoms. The van der Waals surface area contributed by atoms with E-state index in [-0.39, 0.29) is 5.91 Å². The molecule has 1 heterocycles. The number of carbonyl (C=O) groups excluding carboxylic acids is 2. The Bertz CT molecular complexity index is 886. The Morgan fingerprint density at radius 3 is 2.38 bits per heavy atom. The Hall–Kier alpha value is -2.56. The molecule has 10 heteroatoms. The maximum Gasteiger partial charge on any atom is 0.320 e. The van der Waals surface area contributed by atoms with Crippen LogP contribution in [0.3, 0.4) is 0 Å². The van der Waals surface area contributed by atoms with Crippen LogP contribution in [0, 0.1) is 5.92 Å². The molecular weight excluding hydrogens is 430 g/mol. The molecular formula is C22H35N5O4S. The van der Waals surface area contributed by atoms with E-state index >= 15 is 0 Å². The number of fused-ring (bicyclic) bond motifs is 1. The fourth-order valence-electron chi connectivity index (χ4n) is 3.04. The zero-order valence-corrected chi connectivity index (χ0v) is 19.7. The summed E-state index contributed by atoms with van der Waals surface area (Å²) in [5.41, 5.74) is 18.4. The molecule has 0 fully saturated rings. The van der Waals surface area contributed by atoms with Crippen molar-refractivity contribution in [2.75, 3.05) is 12.0 Å². The highest BCUT2D eigenvalue weighted by atomic mass is 32.2. The van der Waals surface area contributed by atoms with Crippen LogP contribution in [-0.4, -0.2) is 58.0 Å². The number of carbonyl (C=O) groups is 3. The number of thioether (sulfide) groups is 1. The van der Waals surface area contributed by atoms with Gasteiger partial charge in [0.05, 0.1) is 6.04 Å². The second kappa shape index (κ2) is 13.8. The highest BCUT2D eigenvalue weighted by molar-refractivity contribution is 7.98. The van der Waals surface area contributed by atoms with Crippen LogP contribution in [0.15, 0.2) is 30.5 Å². The number of benzene rings is 1. The molecule has 0 aliphatic carbocycles. The summed E-state index contributed by atoms with van der Waals surface area (Å²) in [4.78, 5) is 36.6. The van der Waals surface area contributed by atoms with Gasteiger partial charge in [-0.3, -0.25) is 14.4 Å². The summed E-state index contributed by atoms with van der Waals surface area (Å²) in [6, 6.07) is 5.72. The molecule has 0 radical (unpaired) electrons. The quantitative estimate of drug-likeness (QED) is 0.289. The predicted octanol–water partition coefficient (Wildman–Crippen LogP) is 1.21. The molecule has 9 N–H and O–H groups in total. The van der Waals surface area contributed by atoms with Crippen molar-refractivity contribution < 1.29 is 19.5 Å². The van der Waals surface area contributed by atoms with Crippen molar-refractivity contribution in [3.05, 3.63) is 36.0 Å². The van der Waals surface area contributed by atoms with Crippen molar-refractivity contribution in [2.45, 2.75) is 51.2 Å². The van der Waals surface area contributed by atoms with E-state index < -0.39 is 30.0 Å². The van der Waals surface area contributed by atoms with Crippen LogP contribution in [0.4, 0.5) is 0 Å². The summed E-state index contributed by atoms with van der Waals surface area (Å²) in [6.07, 6.45) is 5.23. The topological polar surface area (TPSA) is 177 Å². The molecule has 3 atom stereocenters. The van der Waals surface area contributed by atoms with Gasteiger partial charge in [0.15, 0.2) is 0 Å². The zero-order valence-electron chi connectivity index (χ0n) is 18.8. The number of para-hydroxylation sites is 1. The molecule has 2 amide bonds. The number of amides is 2. The van der Waals surface area contributed by atoms with Gasteiger partial charge in [-0.15, -0.1) is 0 Å². The van der Waals surface area contributed by atoms with Crippen LogP contribution in [0.25, 0.3) is 10.9 Å². The molecule has 0 spiro atoms. The van der Waals surface area contributed by atoms with Crippen LogP contribution in [0.2, 0.25) is 0 Å². The van der Waals surface area contributed by atoms with Gasteiger partial charge in [-0.1, -0.05) is 32.0 Å². The van der Waals surface area contributed by atoms with E-state index in [1.54, 1.807) is 11.8 Å². The fraction of sp³-hybridized carbons (Fsp3) is 0.500. The number of nitrogens with two attached hydrogens (primary N) is 3. The lowest BCUT2D eigenvalue weighted by Crippen LogP contribution is -2.50. The van der Waals surface area contributed by atoms with Gasteiger partial charge in [0.25, 0.3) is 0 Å². The average Bonchev–Trinajstić information content (AvgIpc) is 3.13. The Morgan fingerprint density at radius 2 is 1.81 bits per heavy atom. The second-order valence-corrected chi connectivity index (χ2v) is 8.98. The van der Waals surface area contributed by atoms with Gasteiger partial charge in [0.2, 0.25) is 11.8 Å². The lowest BCUT2D eigenvalue weighted by atomic mass is 10.0. The number of aliphatic carboxylic acids is 1. The first-order valence-corrected chi connectivity index (χ1v) is 11.8. The molecule has 1 aromatic heterocycles. The van der Waals surface area contributed by atoms with Crippen molar-refractivity contribution >= 4 is 40.4 Å². The van der Waals surface area contributed by atoms with Crippen LogP contribution < -0.4 is 22.5 Å². The fourth-order valence-corrected chi connectivity index (χ4v) is 3.51. The van der Waals surface area contributed by atoms with E-state index in [1.807, 2.05) is 50.6 Å². The van der Waals surface area contributed by atoms with Crippen molar-refractivity contribution in [3.8, 4) is 0 Å². The van der Waals surface area contributed by atoms with Gasteiger partial charge in [-0.25, -0.2) is 0 Å². The summed E-state index contributed by atoms with van der Waals surface area (Å²) in [5, 5.41) is 12.4. The van der Waals surface area contributed by atoms with Crippen LogP contribution in [0.5, 0.6) is 0 Å². The normalized spacial score (nSPS) is 13.7. The molecule has 0 aliphatic rings. The number of nitrogens with one attached hydrogen (secondary N) is 2. The van der Waals surface area contributed by atoms with Gasteiger partial charge < -0.3 is 32.6 Å². The van der Waals surface area contributed by atoms with Crippen molar-refractivity contribution in [2.24, 2.45) is 23.1 Å². The lowest BCUT2D eigenvalue weighted by molar-refractivity contribution is -0.138. The minimum absolute atomic E-state index is 0.302. The van der Waals surface area contributed by atoms with Gasteiger partial charge in [0, 0.05) is 23.5 Å². The largest absolute Gasteiger partial charge is 0.480 e. The number of primary amides is 1. The first-order chi connectivity index (χ1) is 15.1. The van der Waals surface area contributed by atoms with Gasteiger partial charge in [-0.05, 0) is 42.4 Å². The molecule has 0 saturated heterocycles. The Balaban J connectivity index is 0.000000321. The lowest BCUT2D eigenvalue weighted by Gasteiger charge is -2.19. The average molecular weight is 466 g/mol. The number of aromatic amines is 1. The maximum absolute atomic E-state index is 11.7. The number of H-pyrrole nitrogens is 1. The van der Waals surface area contributed by atoms with E-state index in [4.69, 9.17) is 22.3 Å². The third-order valence-corrected chi connectivity index (χ3v) is 5.41. The smallest absolute Gasteiger partial charge is 0.320 e. The van der Waals surface area contributed by atoms with Crippen molar-refractivity contribution in [3.63, 3.8) is 0 Å². The predicted molar refractivity (Wildman–Crippen MR) is 129 cm³/mol. The summed E-state index contributed by atoms with van der Waals surface area (Å²) in [7, 11) is 0. The van der Waals surface area contributed by atoms with Crippen LogP contribution in [0.1, 0.15) is 32.3 Å².